The van der Waals surface area contributed by atoms with Crippen LogP contribution < -0.4 is 10.6 Å². The van der Waals surface area contributed by atoms with Gasteiger partial charge in [0.05, 0.1) is 0 Å². The van der Waals surface area contributed by atoms with Gasteiger partial charge in [-0.2, -0.15) is 0 Å². The van der Waals surface area contributed by atoms with Crippen LogP contribution in [-0.2, 0) is 9.59 Å². The van der Waals surface area contributed by atoms with Crippen molar-refractivity contribution in [1.29, 1.82) is 0 Å². The molecule has 112 valence electrons. The monoisotopic (exact) mass is 289 g/mol. The molecule has 2 rings (SSSR count). The lowest BCUT2D eigenvalue weighted by Crippen LogP contribution is -2.38. The van der Waals surface area contributed by atoms with Gasteiger partial charge < -0.3 is 10.6 Å². The first kappa shape index (κ1) is 15.0. The molecule has 1 heterocycles. The van der Waals surface area contributed by atoms with Gasteiger partial charge in [-0.05, 0) is 25.5 Å². The summed E-state index contributed by atoms with van der Waals surface area (Å²) in [4.78, 5) is 36.6. The number of amides is 4. The lowest BCUT2D eigenvalue weighted by Gasteiger charge is -2.13. The van der Waals surface area contributed by atoms with E-state index in [1.165, 1.54) is 0 Å². The highest BCUT2D eigenvalue weighted by Crippen LogP contribution is 2.12. The molecule has 1 aliphatic rings. The number of nitrogens with zero attached hydrogens (tertiary/aromatic N) is 1. The minimum atomic E-state index is -0.505. The van der Waals surface area contributed by atoms with Crippen LogP contribution in [0.1, 0.15) is 25.3 Å². The number of carbonyl (C=O) groups excluding carboxylic acids is 3. The third kappa shape index (κ3) is 3.59. The summed E-state index contributed by atoms with van der Waals surface area (Å²) < 4.78 is 0. The Balaban J connectivity index is 1.94. The van der Waals surface area contributed by atoms with E-state index in [0.717, 1.165) is 16.9 Å². The van der Waals surface area contributed by atoms with Crippen LogP contribution in [0.3, 0.4) is 0 Å². The Morgan fingerprint density at radius 3 is 2.57 bits per heavy atom. The lowest BCUT2D eigenvalue weighted by molar-refractivity contribution is -0.130. The van der Waals surface area contributed by atoms with Crippen LogP contribution >= 0.6 is 0 Å². The number of aryl methyl sites for hydroxylation is 1. The molecular weight excluding hydrogens is 270 g/mol. The van der Waals surface area contributed by atoms with E-state index in [-0.39, 0.29) is 18.4 Å². The van der Waals surface area contributed by atoms with Gasteiger partial charge in [0.2, 0.25) is 5.91 Å². The van der Waals surface area contributed by atoms with Crippen molar-refractivity contribution in [1.82, 2.24) is 10.2 Å². The van der Waals surface area contributed by atoms with Crippen molar-refractivity contribution in [2.24, 2.45) is 0 Å². The minimum absolute atomic E-state index is 0.265. The van der Waals surface area contributed by atoms with Crippen molar-refractivity contribution in [3.05, 3.63) is 29.8 Å². The van der Waals surface area contributed by atoms with Gasteiger partial charge in [-0.1, -0.05) is 31.0 Å². The van der Waals surface area contributed by atoms with Crippen LogP contribution in [0.5, 0.6) is 0 Å². The SMILES string of the molecule is CCC[C@@H]1NC(=O)N(CC(=O)Nc2ccc(C)cc2)C1=O. The summed E-state index contributed by atoms with van der Waals surface area (Å²) >= 11 is 0. The van der Waals surface area contributed by atoms with Crippen LogP contribution in [0.2, 0.25) is 0 Å². The van der Waals surface area contributed by atoms with Crippen LogP contribution in [0, 0.1) is 6.92 Å². The van der Waals surface area contributed by atoms with Crippen molar-refractivity contribution in [3.8, 4) is 0 Å². The molecule has 6 heteroatoms. The maximum Gasteiger partial charge on any atom is 0.325 e. The lowest BCUT2D eigenvalue weighted by atomic mass is 10.2. The Kier molecular flexibility index (Phi) is 4.57. The zero-order valence-electron chi connectivity index (χ0n) is 12.2. The van der Waals surface area contributed by atoms with Crippen molar-refractivity contribution >= 4 is 23.5 Å². The molecule has 0 saturated carbocycles. The quantitative estimate of drug-likeness (QED) is 0.809. The molecule has 1 aliphatic heterocycles. The summed E-state index contributed by atoms with van der Waals surface area (Å²) in [6.07, 6.45) is 1.38. The zero-order chi connectivity index (χ0) is 15.4. The molecule has 0 radical (unpaired) electrons. The van der Waals surface area contributed by atoms with E-state index in [2.05, 4.69) is 10.6 Å². The Hall–Kier alpha value is -2.37. The number of hydrogen-bond acceptors (Lipinski definition) is 3. The van der Waals surface area contributed by atoms with Gasteiger partial charge in [-0.25, -0.2) is 4.79 Å². The van der Waals surface area contributed by atoms with Gasteiger partial charge in [0.15, 0.2) is 0 Å². The zero-order valence-corrected chi connectivity index (χ0v) is 12.2. The largest absolute Gasteiger partial charge is 0.326 e. The van der Waals surface area contributed by atoms with E-state index in [0.29, 0.717) is 12.1 Å². The van der Waals surface area contributed by atoms with Crippen molar-refractivity contribution in [2.75, 3.05) is 11.9 Å². The molecule has 21 heavy (non-hydrogen) atoms. The highest BCUT2D eigenvalue weighted by molar-refractivity contribution is 6.07. The molecule has 6 nitrogen and oxygen atoms in total. The summed E-state index contributed by atoms with van der Waals surface area (Å²) in [5.41, 5.74) is 1.73. The van der Waals surface area contributed by atoms with E-state index in [1.807, 2.05) is 26.0 Å². The van der Waals surface area contributed by atoms with Gasteiger partial charge in [-0.15, -0.1) is 0 Å². The minimum Gasteiger partial charge on any atom is -0.326 e. The number of rotatable bonds is 5. The van der Waals surface area contributed by atoms with Crippen molar-refractivity contribution < 1.29 is 14.4 Å². The summed E-state index contributed by atoms with van der Waals surface area (Å²) in [7, 11) is 0. The van der Waals surface area contributed by atoms with E-state index in [9.17, 15) is 14.4 Å². The first-order valence-electron chi connectivity index (χ1n) is 6.99. The molecule has 0 aliphatic carbocycles. The summed E-state index contributed by atoms with van der Waals surface area (Å²) in [6.45, 7) is 3.62. The van der Waals surface area contributed by atoms with E-state index < -0.39 is 12.1 Å². The van der Waals surface area contributed by atoms with Gasteiger partial charge in [0.25, 0.3) is 5.91 Å². The molecule has 0 unspecified atom stereocenters. The fourth-order valence-corrected chi connectivity index (χ4v) is 2.19. The molecule has 1 atom stereocenters. The molecule has 1 aromatic rings. The van der Waals surface area contributed by atoms with E-state index in [4.69, 9.17) is 0 Å². The molecule has 2 N–H and O–H groups in total. The molecule has 1 fully saturated rings. The molecule has 4 amide bonds. The predicted octanol–water partition coefficient (Wildman–Crippen LogP) is 1.65. The maximum absolute atomic E-state index is 12.0. The maximum atomic E-state index is 12.0. The molecule has 0 aromatic heterocycles. The second-order valence-electron chi connectivity index (χ2n) is 5.13. The smallest absolute Gasteiger partial charge is 0.325 e. The van der Waals surface area contributed by atoms with Crippen LogP contribution in [-0.4, -0.2) is 35.3 Å². The predicted molar refractivity (Wildman–Crippen MR) is 78.7 cm³/mol. The van der Waals surface area contributed by atoms with Gasteiger partial charge in [-0.3, -0.25) is 14.5 Å². The number of imide groups is 1. The Bertz CT molecular complexity index is 554. The van der Waals surface area contributed by atoms with E-state index in [1.54, 1.807) is 12.1 Å². The summed E-state index contributed by atoms with van der Waals surface area (Å²) in [5.74, 6) is -0.722. The van der Waals surface area contributed by atoms with E-state index >= 15 is 0 Å². The van der Waals surface area contributed by atoms with Gasteiger partial charge >= 0.3 is 6.03 Å². The van der Waals surface area contributed by atoms with Crippen LogP contribution in [0.4, 0.5) is 10.5 Å². The van der Waals surface area contributed by atoms with Crippen LogP contribution in [0.15, 0.2) is 24.3 Å². The Morgan fingerprint density at radius 2 is 1.95 bits per heavy atom. The number of anilines is 1. The fraction of sp³-hybridized carbons (Fsp3) is 0.400. The third-order valence-electron chi connectivity index (χ3n) is 3.32. The Morgan fingerprint density at radius 1 is 1.29 bits per heavy atom. The molecule has 0 bridgehead atoms. The number of urea groups is 1. The van der Waals surface area contributed by atoms with Crippen molar-refractivity contribution in [2.45, 2.75) is 32.7 Å². The van der Waals surface area contributed by atoms with Crippen molar-refractivity contribution in [3.63, 3.8) is 0 Å². The molecule has 1 saturated heterocycles. The third-order valence-corrected chi connectivity index (χ3v) is 3.32. The summed E-state index contributed by atoms with van der Waals surface area (Å²) in [5, 5.41) is 5.26. The average molecular weight is 289 g/mol. The molecule has 1 aromatic carbocycles. The average Bonchev–Trinajstić information content (AvgIpc) is 2.70. The first-order chi connectivity index (χ1) is 10.0. The number of carbonyl (C=O) groups is 3. The molecular formula is C15H19N3O3. The fourth-order valence-electron chi connectivity index (χ4n) is 2.19. The highest BCUT2D eigenvalue weighted by Gasteiger charge is 2.38. The number of nitrogens with one attached hydrogen (secondary N) is 2. The number of benzene rings is 1. The highest BCUT2D eigenvalue weighted by atomic mass is 16.2. The van der Waals surface area contributed by atoms with Crippen LogP contribution in [0.25, 0.3) is 0 Å². The summed E-state index contributed by atoms with van der Waals surface area (Å²) in [6, 6.07) is 6.30. The topological polar surface area (TPSA) is 78.5 Å². The normalized spacial score (nSPS) is 17.8. The van der Waals surface area contributed by atoms with Gasteiger partial charge in [0, 0.05) is 5.69 Å². The Labute approximate surface area is 123 Å². The van der Waals surface area contributed by atoms with Gasteiger partial charge in [0.1, 0.15) is 12.6 Å². The second kappa shape index (κ2) is 6.39. The standard InChI is InChI=1S/C15H19N3O3/c1-3-4-12-14(20)18(15(21)17-12)9-13(19)16-11-7-5-10(2)6-8-11/h5-8,12H,3-4,9H2,1-2H3,(H,16,19)(H,17,21)/t12-/m0/s1. The second-order valence-corrected chi connectivity index (χ2v) is 5.13. The first-order valence-corrected chi connectivity index (χ1v) is 6.99. The molecule has 0 spiro atoms. The number of hydrogen-bond donors (Lipinski definition) is 2.